The van der Waals surface area contributed by atoms with Gasteiger partial charge in [-0.25, -0.2) is 0 Å². The van der Waals surface area contributed by atoms with Crippen LogP contribution in [-0.2, 0) is 11.2 Å². The van der Waals surface area contributed by atoms with E-state index in [2.05, 4.69) is 43.6 Å². The Morgan fingerprint density at radius 2 is 2.06 bits per heavy atom. The zero-order valence-corrected chi connectivity index (χ0v) is 13.0. The summed E-state index contributed by atoms with van der Waals surface area (Å²) in [5.41, 5.74) is -0.0425. The van der Waals surface area contributed by atoms with E-state index in [1.807, 2.05) is 18.4 Å². The lowest BCUT2D eigenvalue weighted by molar-refractivity contribution is -0.0469. The molecule has 0 saturated heterocycles. The molecule has 18 heavy (non-hydrogen) atoms. The lowest BCUT2D eigenvalue weighted by Crippen LogP contribution is -2.52. The number of hydrogen-bond acceptors (Lipinski definition) is 3. The molecule has 1 rings (SSSR count). The summed E-state index contributed by atoms with van der Waals surface area (Å²) in [5.74, 6) is 0. The van der Waals surface area contributed by atoms with Crippen LogP contribution in [0.3, 0.4) is 0 Å². The van der Waals surface area contributed by atoms with Crippen molar-refractivity contribution in [2.24, 2.45) is 0 Å². The fourth-order valence-electron chi connectivity index (χ4n) is 2.57. The number of hydrogen-bond donors (Lipinski definition) is 1. The van der Waals surface area contributed by atoms with Crippen molar-refractivity contribution in [2.75, 3.05) is 13.7 Å². The van der Waals surface area contributed by atoms with Crippen molar-refractivity contribution < 1.29 is 4.74 Å². The quantitative estimate of drug-likeness (QED) is 0.735. The van der Waals surface area contributed by atoms with Gasteiger partial charge in [0.25, 0.3) is 0 Å². The van der Waals surface area contributed by atoms with Crippen molar-refractivity contribution >= 4 is 11.3 Å². The minimum Gasteiger partial charge on any atom is -0.377 e. The molecular formula is C15H27NOS. The van der Waals surface area contributed by atoms with E-state index in [-0.39, 0.29) is 5.60 Å². The SMILES string of the molecule is CCCNC(Cc1cccs1)C(CC)(CC)OC. The third-order valence-electron chi connectivity index (χ3n) is 3.86. The third kappa shape index (κ3) is 3.81. The van der Waals surface area contributed by atoms with Gasteiger partial charge in [-0.05, 0) is 43.7 Å². The van der Waals surface area contributed by atoms with Crippen LogP contribution in [0.5, 0.6) is 0 Å². The predicted octanol–water partition coefficient (Wildman–Crippen LogP) is 3.86. The van der Waals surface area contributed by atoms with Crippen molar-refractivity contribution in [3.05, 3.63) is 22.4 Å². The highest BCUT2D eigenvalue weighted by molar-refractivity contribution is 7.09. The molecule has 0 aliphatic heterocycles. The Morgan fingerprint density at radius 1 is 1.33 bits per heavy atom. The first-order chi connectivity index (χ1) is 8.72. The first-order valence-corrected chi connectivity index (χ1v) is 7.91. The highest BCUT2D eigenvalue weighted by atomic mass is 32.1. The molecule has 1 atom stereocenters. The Bertz CT molecular complexity index is 298. The second kappa shape index (κ2) is 7.93. The summed E-state index contributed by atoms with van der Waals surface area (Å²) in [6, 6.07) is 4.75. The second-order valence-corrected chi connectivity index (χ2v) is 5.80. The fourth-order valence-corrected chi connectivity index (χ4v) is 3.32. The van der Waals surface area contributed by atoms with Crippen LogP contribution in [0.4, 0.5) is 0 Å². The molecule has 0 spiro atoms. The summed E-state index contributed by atoms with van der Waals surface area (Å²) in [6.45, 7) is 7.72. The molecule has 2 nitrogen and oxygen atoms in total. The van der Waals surface area contributed by atoms with Gasteiger partial charge in [-0.3, -0.25) is 0 Å². The number of ether oxygens (including phenoxy) is 1. The summed E-state index contributed by atoms with van der Waals surface area (Å²) in [7, 11) is 1.85. The number of rotatable bonds is 9. The van der Waals surface area contributed by atoms with Crippen molar-refractivity contribution in [1.29, 1.82) is 0 Å². The maximum Gasteiger partial charge on any atom is 0.0829 e. The number of thiophene rings is 1. The Morgan fingerprint density at radius 3 is 2.50 bits per heavy atom. The molecule has 1 N–H and O–H groups in total. The van der Waals surface area contributed by atoms with Crippen LogP contribution in [0.25, 0.3) is 0 Å². The molecule has 0 bridgehead atoms. The maximum atomic E-state index is 5.89. The largest absolute Gasteiger partial charge is 0.377 e. The topological polar surface area (TPSA) is 21.3 Å². The normalized spacial score (nSPS) is 13.8. The first-order valence-electron chi connectivity index (χ1n) is 7.03. The van der Waals surface area contributed by atoms with E-state index >= 15 is 0 Å². The van der Waals surface area contributed by atoms with Gasteiger partial charge < -0.3 is 10.1 Å². The van der Waals surface area contributed by atoms with Crippen LogP contribution >= 0.6 is 11.3 Å². The zero-order chi connectivity index (χ0) is 13.4. The van der Waals surface area contributed by atoms with Gasteiger partial charge in [-0.1, -0.05) is 26.8 Å². The molecule has 104 valence electrons. The van der Waals surface area contributed by atoms with E-state index in [0.29, 0.717) is 6.04 Å². The van der Waals surface area contributed by atoms with E-state index in [1.54, 1.807) is 0 Å². The smallest absolute Gasteiger partial charge is 0.0829 e. The third-order valence-corrected chi connectivity index (χ3v) is 4.76. The van der Waals surface area contributed by atoms with Gasteiger partial charge >= 0.3 is 0 Å². The summed E-state index contributed by atoms with van der Waals surface area (Å²) in [5, 5.41) is 5.83. The molecule has 0 amide bonds. The van der Waals surface area contributed by atoms with Gasteiger partial charge in [0.05, 0.1) is 5.60 Å². The average Bonchev–Trinajstić information content (AvgIpc) is 2.91. The van der Waals surface area contributed by atoms with Crippen LogP contribution in [0, 0.1) is 0 Å². The molecule has 1 aromatic rings. The summed E-state index contributed by atoms with van der Waals surface area (Å²) in [4.78, 5) is 1.44. The monoisotopic (exact) mass is 269 g/mol. The number of nitrogens with one attached hydrogen (secondary N) is 1. The Balaban J connectivity index is 2.81. The Kier molecular flexibility index (Phi) is 6.90. The van der Waals surface area contributed by atoms with Crippen molar-refractivity contribution in [2.45, 2.75) is 58.1 Å². The Hall–Kier alpha value is -0.380. The van der Waals surface area contributed by atoms with Crippen LogP contribution in [0.2, 0.25) is 0 Å². The second-order valence-electron chi connectivity index (χ2n) is 4.77. The van der Waals surface area contributed by atoms with Gasteiger partial charge in [-0.2, -0.15) is 0 Å². The van der Waals surface area contributed by atoms with E-state index in [1.165, 1.54) is 4.88 Å². The summed E-state index contributed by atoms with van der Waals surface area (Å²) in [6.07, 6.45) is 4.32. The molecule has 0 fully saturated rings. The van der Waals surface area contributed by atoms with Gasteiger partial charge in [0.2, 0.25) is 0 Å². The predicted molar refractivity (Wildman–Crippen MR) is 80.4 cm³/mol. The Labute approximate surface area is 116 Å². The van der Waals surface area contributed by atoms with E-state index in [9.17, 15) is 0 Å². The molecule has 0 aromatic carbocycles. The van der Waals surface area contributed by atoms with Gasteiger partial charge in [0, 0.05) is 18.0 Å². The highest BCUT2D eigenvalue weighted by Gasteiger charge is 2.35. The van der Waals surface area contributed by atoms with Gasteiger partial charge in [0.15, 0.2) is 0 Å². The van der Waals surface area contributed by atoms with Gasteiger partial charge in [0.1, 0.15) is 0 Å². The van der Waals surface area contributed by atoms with Gasteiger partial charge in [-0.15, -0.1) is 11.3 Å². The van der Waals surface area contributed by atoms with E-state index in [0.717, 1.165) is 32.2 Å². The fraction of sp³-hybridized carbons (Fsp3) is 0.733. The minimum atomic E-state index is -0.0425. The maximum absolute atomic E-state index is 5.89. The summed E-state index contributed by atoms with van der Waals surface area (Å²) >= 11 is 1.84. The molecular weight excluding hydrogens is 242 g/mol. The number of methoxy groups -OCH3 is 1. The molecule has 0 aliphatic rings. The molecule has 3 heteroatoms. The molecule has 1 unspecified atom stereocenters. The summed E-state index contributed by atoms with van der Waals surface area (Å²) < 4.78 is 5.89. The molecule has 0 radical (unpaired) electrons. The average molecular weight is 269 g/mol. The molecule has 1 heterocycles. The standard InChI is InChI=1S/C15H27NOS/c1-5-10-16-14(12-13-9-8-11-18-13)15(6-2,7-3)17-4/h8-9,11,14,16H,5-7,10,12H2,1-4H3. The lowest BCUT2D eigenvalue weighted by atomic mass is 9.85. The highest BCUT2D eigenvalue weighted by Crippen LogP contribution is 2.27. The zero-order valence-electron chi connectivity index (χ0n) is 12.2. The van der Waals surface area contributed by atoms with E-state index < -0.39 is 0 Å². The van der Waals surface area contributed by atoms with Crippen LogP contribution < -0.4 is 5.32 Å². The van der Waals surface area contributed by atoms with Crippen LogP contribution in [0.15, 0.2) is 17.5 Å². The minimum absolute atomic E-state index is 0.0425. The van der Waals surface area contributed by atoms with Crippen molar-refractivity contribution in [3.8, 4) is 0 Å². The van der Waals surface area contributed by atoms with E-state index in [4.69, 9.17) is 4.74 Å². The first kappa shape index (κ1) is 15.7. The van der Waals surface area contributed by atoms with Crippen LogP contribution in [-0.4, -0.2) is 25.3 Å². The molecule has 1 aromatic heterocycles. The van der Waals surface area contributed by atoms with Crippen molar-refractivity contribution in [1.82, 2.24) is 5.32 Å². The van der Waals surface area contributed by atoms with Crippen LogP contribution in [0.1, 0.15) is 44.9 Å². The lowest BCUT2D eigenvalue weighted by Gasteiger charge is -2.39. The van der Waals surface area contributed by atoms with Crippen molar-refractivity contribution in [3.63, 3.8) is 0 Å². The molecule has 0 aliphatic carbocycles. The molecule has 0 saturated carbocycles.